The Morgan fingerprint density at radius 1 is 1.11 bits per heavy atom. The molecule has 0 spiro atoms. The van der Waals surface area contributed by atoms with Gasteiger partial charge in [-0.2, -0.15) is 0 Å². The Bertz CT molecular complexity index is 392. The molecule has 0 radical (unpaired) electrons. The van der Waals surface area contributed by atoms with Gasteiger partial charge in [0.15, 0.2) is 0 Å². The number of aromatic nitrogens is 1. The van der Waals surface area contributed by atoms with Crippen molar-refractivity contribution in [1.82, 2.24) is 14.8 Å². The molecule has 104 valence electrons. The Hall–Kier alpha value is -1.13. The SMILES string of the molecule is Oc1ccc(CN2CCN(C3CCCC3)CC2)nc1. The second-order valence-electron chi connectivity index (χ2n) is 5.76. The summed E-state index contributed by atoms with van der Waals surface area (Å²) in [5.74, 6) is 0.245. The van der Waals surface area contributed by atoms with E-state index >= 15 is 0 Å². The van der Waals surface area contributed by atoms with Gasteiger partial charge in [0.2, 0.25) is 0 Å². The van der Waals surface area contributed by atoms with Gasteiger partial charge in [0.25, 0.3) is 0 Å². The minimum absolute atomic E-state index is 0.245. The van der Waals surface area contributed by atoms with E-state index in [1.807, 2.05) is 6.07 Å². The molecule has 3 rings (SSSR count). The molecule has 0 amide bonds. The molecule has 1 saturated heterocycles. The average molecular weight is 261 g/mol. The molecule has 0 unspecified atom stereocenters. The molecule has 1 aliphatic heterocycles. The van der Waals surface area contributed by atoms with E-state index in [2.05, 4.69) is 14.8 Å². The number of aromatic hydroxyl groups is 1. The number of hydrogen-bond donors (Lipinski definition) is 1. The summed E-state index contributed by atoms with van der Waals surface area (Å²) in [6.45, 7) is 5.57. The quantitative estimate of drug-likeness (QED) is 0.901. The fourth-order valence-corrected chi connectivity index (χ4v) is 3.30. The Labute approximate surface area is 115 Å². The summed E-state index contributed by atoms with van der Waals surface area (Å²) in [5.41, 5.74) is 1.05. The maximum absolute atomic E-state index is 9.24. The summed E-state index contributed by atoms with van der Waals surface area (Å²) >= 11 is 0. The molecular weight excluding hydrogens is 238 g/mol. The number of nitrogens with zero attached hydrogens (tertiary/aromatic N) is 3. The number of rotatable bonds is 3. The second-order valence-corrected chi connectivity index (χ2v) is 5.76. The van der Waals surface area contributed by atoms with Crippen LogP contribution < -0.4 is 0 Å². The molecule has 19 heavy (non-hydrogen) atoms. The van der Waals surface area contributed by atoms with Crippen molar-refractivity contribution in [2.24, 2.45) is 0 Å². The number of hydrogen-bond acceptors (Lipinski definition) is 4. The third-order valence-corrected chi connectivity index (χ3v) is 4.44. The molecule has 0 atom stereocenters. The lowest BCUT2D eigenvalue weighted by atomic mass is 10.2. The minimum atomic E-state index is 0.245. The van der Waals surface area contributed by atoms with Gasteiger partial charge in [-0.05, 0) is 25.0 Å². The normalized spacial score (nSPS) is 22.9. The van der Waals surface area contributed by atoms with Gasteiger partial charge in [-0.3, -0.25) is 14.8 Å². The van der Waals surface area contributed by atoms with Gasteiger partial charge >= 0.3 is 0 Å². The molecule has 1 aromatic heterocycles. The van der Waals surface area contributed by atoms with Crippen LogP contribution in [0.4, 0.5) is 0 Å². The van der Waals surface area contributed by atoms with Crippen LogP contribution in [0.5, 0.6) is 5.75 Å². The Kier molecular flexibility index (Phi) is 3.99. The molecule has 0 bridgehead atoms. The highest BCUT2D eigenvalue weighted by atomic mass is 16.3. The molecule has 4 heteroatoms. The van der Waals surface area contributed by atoms with Crippen LogP contribution >= 0.6 is 0 Å². The Morgan fingerprint density at radius 3 is 2.47 bits per heavy atom. The lowest BCUT2D eigenvalue weighted by Crippen LogP contribution is -2.49. The molecule has 4 nitrogen and oxygen atoms in total. The first kappa shape index (κ1) is 12.9. The highest BCUT2D eigenvalue weighted by molar-refractivity contribution is 5.17. The van der Waals surface area contributed by atoms with Crippen molar-refractivity contribution in [2.75, 3.05) is 26.2 Å². The van der Waals surface area contributed by atoms with Crippen molar-refractivity contribution in [3.05, 3.63) is 24.0 Å². The zero-order chi connectivity index (χ0) is 13.1. The lowest BCUT2D eigenvalue weighted by Gasteiger charge is -2.37. The van der Waals surface area contributed by atoms with Crippen LogP contribution in [0.2, 0.25) is 0 Å². The molecule has 1 aromatic rings. The van der Waals surface area contributed by atoms with E-state index in [-0.39, 0.29) is 5.75 Å². The van der Waals surface area contributed by atoms with Crippen LogP contribution in [0.1, 0.15) is 31.4 Å². The van der Waals surface area contributed by atoms with Gasteiger partial charge in [0.05, 0.1) is 11.9 Å². The van der Waals surface area contributed by atoms with Gasteiger partial charge in [-0.15, -0.1) is 0 Å². The van der Waals surface area contributed by atoms with Crippen LogP contribution in [0, 0.1) is 0 Å². The highest BCUT2D eigenvalue weighted by Gasteiger charge is 2.25. The Morgan fingerprint density at radius 2 is 1.84 bits per heavy atom. The van der Waals surface area contributed by atoms with Crippen molar-refractivity contribution in [3.8, 4) is 5.75 Å². The molecular formula is C15H23N3O. The second kappa shape index (κ2) is 5.88. The van der Waals surface area contributed by atoms with E-state index < -0.39 is 0 Å². The molecule has 2 heterocycles. The topological polar surface area (TPSA) is 39.6 Å². The number of pyridine rings is 1. The third-order valence-electron chi connectivity index (χ3n) is 4.44. The van der Waals surface area contributed by atoms with E-state index in [0.29, 0.717) is 0 Å². The van der Waals surface area contributed by atoms with E-state index in [9.17, 15) is 5.11 Å². The smallest absolute Gasteiger partial charge is 0.133 e. The van der Waals surface area contributed by atoms with Gasteiger partial charge in [0, 0.05) is 38.8 Å². The zero-order valence-electron chi connectivity index (χ0n) is 11.5. The first-order valence-electron chi connectivity index (χ1n) is 7.41. The van der Waals surface area contributed by atoms with E-state index in [1.165, 1.54) is 45.0 Å². The fourth-order valence-electron chi connectivity index (χ4n) is 3.30. The van der Waals surface area contributed by atoms with Gasteiger partial charge < -0.3 is 5.11 Å². The monoisotopic (exact) mass is 261 g/mol. The predicted octanol–water partition coefficient (Wildman–Crippen LogP) is 1.85. The molecule has 1 N–H and O–H groups in total. The summed E-state index contributed by atoms with van der Waals surface area (Å²) in [7, 11) is 0. The standard InChI is InChI=1S/C15H23N3O/c19-15-6-5-13(16-11-15)12-17-7-9-18(10-8-17)14-3-1-2-4-14/h5-6,11,14,19H,1-4,7-10,12H2. The zero-order valence-corrected chi connectivity index (χ0v) is 11.5. The van der Waals surface area contributed by atoms with Crippen LogP contribution in [0.3, 0.4) is 0 Å². The summed E-state index contributed by atoms with van der Waals surface area (Å²) in [6.07, 6.45) is 7.17. The summed E-state index contributed by atoms with van der Waals surface area (Å²) in [6, 6.07) is 4.49. The maximum Gasteiger partial charge on any atom is 0.133 e. The summed E-state index contributed by atoms with van der Waals surface area (Å²) in [4.78, 5) is 9.40. The lowest BCUT2D eigenvalue weighted by molar-refractivity contribution is 0.0929. The van der Waals surface area contributed by atoms with Crippen molar-refractivity contribution < 1.29 is 5.11 Å². The largest absolute Gasteiger partial charge is 0.506 e. The molecule has 2 fully saturated rings. The molecule has 0 aromatic carbocycles. The first-order chi connectivity index (χ1) is 9.31. The minimum Gasteiger partial charge on any atom is -0.506 e. The molecule has 1 saturated carbocycles. The van der Waals surface area contributed by atoms with Crippen molar-refractivity contribution in [3.63, 3.8) is 0 Å². The summed E-state index contributed by atoms with van der Waals surface area (Å²) < 4.78 is 0. The van der Waals surface area contributed by atoms with Gasteiger partial charge in [0.1, 0.15) is 5.75 Å². The predicted molar refractivity (Wildman–Crippen MR) is 75.0 cm³/mol. The van der Waals surface area contributed by atoms with E-state index in [0.717, 1.165) is 31.4 Å². The van der Waals surface area contributed by atoms with E-state index in [4.69, 9.17) is 0 Å². The fraction of sp³-hybridized carbons (Fsp3) is 0.667. The Balaban J connectivity index is 1.48. The third kappa shape index (κ3) is 3.25. The van der Waals surface area contributed by atoms with Gasteiger partial charge in [-0.25, -0.2) is 0 Å². The average Bonchev–Trinajstić information content (AvgIpc) is 2.96. The highest BCUT2D eigenvalue weighted by Crippen LogP contribution is 2.24. The van der Waals surface area contributed by atoms with Crippen LogP contribution in [0.25, 0.3) is 0 Å². The first-order valence-corrected chi connectivity index (χ1v) is 7.41. The van der Waals surface area contributed by atoms with Crippen LogP contribution in [-0.2, 0) is 6.54 Å². The molecule has 2 aliphatic rings. The van der Waals surface area contributed by atoms with Crippen LogP contribution in [-0.4, -0.2) is 52.1 Å². The van der Waals surface area contributed by atoms with Crippen molar-refractivity contribution in [1.29, 1.82) is 0 Å². The van der Waals surface area contributed by atoms with E-state index in [1.54, 1.807) is 6.07 Å². The van der Waals surface area contributed by atoms with Crippen molar-refractivity contribution >= 4 is 0 Å². The van der Waals surface area contributed by atoms with Crippen molar-refractivity contribution in [2.45, 2.75) is 38.3 Å². The van der Waals surface area contributed by atoms with Crippen LogP contribution in [0.15, 0.2) is 18.3 Å². The molecule has 1 aliphatic carbocycles. The number of piperazine rings is 1. The van der Waals surface area contributed by atoms with Gasteiger partial charge in [-0.1, -0.05) is 12.8 Å². The summed E-state index contributed by atoms with van der Waals surface area (Å²) in [5, 5.41) is 9.24. The maximum atomic E-state index is 9.24.